The lowest BCUT2D eigenvalue weighted by atomic mass is 10.0. The van der Waals surface area contributed by atoms with Gasteiger partial charge in [0.2, 0.25) is 0 Å². The first-order chi connectivity index (χ1) is 7.18. The van der Waals surface area contributed by atoms with E-state index in [1.54, 1.807) is 0 Å². The van der Waals surface area contributed by atoms with Gasteiger partial charge in [0.05, 0.1) is 15.9 Å². The predicted molar refractivity (Wildman–Crippen MR) is 67.6 cm³/mol. The molecule has 15 heavy (non-hydrogen) atoms. The van der Waals surface area contributed by atoms with Crippen LogP contribution in [0.15, 0.2) is 0 Å². The van der Waals surface area contributed by atoms with Crippen molar-refractivity contribution in [3.8, 4) is 0 Å². The lowest BCUT2D eigenvalue weighted by Crippen LogP contribution is -2.23. The lowest BCUT2D eigenvalue weighted by Gasteiger charge is -2.22. The summed E-state index contributed by atoms with van der Waals surface area (Å²) in [5.41, 5.74) is 6.99. The van der Waals surface area contributed by atoms with Crippen LogP contribution in [0.5, 0.6) is 0 Å². The maximum Gasteiger partial charge on any atom is 0.135 e. The second-order valence-electron chi connectivity index (χ2n) is 4.05. The summed E-state index contributed by atoms with van der Waals surface area (Å²) in [5, 5.41) is 4.43. The molecule has 1 saturated heterocycles. The minimum Gasteiger partial charge on any atom is -0.383 e. The number of anilines is 1. The SMILES string of the molecule is Cc1nn(CC2CCCOC2)c(N)c1I. The van der Waals surface area contributed by atoms with Crippen molar-refractivity contribution in [2.45, 2.75) is 26.3 Å². The Morgan fingerprint density at radius 1 is 1.67 bits per heavy atom. The van der Waals surface area contributed by atoms with Crippen molar-refractivity contribution in [3.05, 3.63) is 9.26 Å². The molecule has 1 aliphatic rings. The average molecular weight is 321 g/mol. The van der Waals surface area contributed by atoms with E-state index < -0.39 is 0 Å². The number of hydrogen-bond donors (Lipinski definition) is 1. The third-order valence-corrected chi connectivity index (χ3v) is 4.11. The van der Waals surface area contributed by atoms with Crippen LogP contribution >= 0.6 is 22.6 Å². The number of halogens is 1. The van der Waals surface area contributed by atoms with Crippen LogP contribution in [-0.2, 0) is 11.3 Å². The highest BCUT2D eigenvalue weighted by Crippen LogP contribution is 2.22. The van der Waals surface area contributed by atoms with Crippen molar-refractivity contribution in [1.29, 1.82) is 0 Å². The van der Waals surface area contributed by atoms with Gasteiger partial charge in [0.1, 0.15) is 5.82 Å². The Bertz CT molecular complexity index is 345. The molecule has 5 heteroatoms. The standard InChI is InChI=1S/C10H16IN3O/c1-7-9(11)10(12)14(13-7)5-8-3-2-4-15-6-8/h8H,2-6,12H2,1H3. The fraction of sp³-hybridized carbons (Fsp3) is 0.700. The number of aromatic nitrogens is 2. The van der Waals surface area contributed by atoms with Gasteiger partial charge in [0, 0.05) is 19.1 Å². The predicted octanol–water partition coefficient (Wildman–Crippen LogP) is 1.80. The molecule has 1 fully saturated rings. The third-order valence-electron chi connectivity index (χ3n) is 2.78. The zero-order chi connectivity index (χ0) is 10.8. The summed E-state index contributed by atoms with van der Waals surface area (Å²) in [6, 6.07) is 0. The second kappa shape index (κ2) is 4.69. The first kappa shape index (κ1) is 11.2. The quantitative estimate of drug-likeness (QED) is 0.845. The number of nitrogens with zero attached hydrogens (tertiary/aromatic N) is 2. The highest BCUT2D eigenvalue weighted by atomic mass is 127. The molecule has 4 nitrogen and oxygen atoms in total. The zero-order valence-corrected chi connectivity index (χ0v) is 11.0. The van der Waals surface area contributed by atoms with Gasteiger partial charge in [0.25, 0.3) is 0 Å². The first-order valence-electron chi connectivity index (χ1n) is 5.24. The van der Waals surface area contributed by atoms with E-state index in [2.05, 4.69) is 27.7 Å². The van der Waals surface area contributed by atoms with Gasteiger partial charge in [-0.15, -0.1) is 0 Å². The summed E-state index contributed by atoms with van der Waals surface area (Å²) in [6.07, 6.45) is 2.37. The molecule has 1 aromatic rings. The molecule has 1 atom stereocenters. The number of nitrogen functional groups attached to an aromatic ring is 1. The highest BCUT2D eigenvalue weighted by Gasteiger charge is 2.17. The van der Waals surface area contributed by atoms with Crippen LogP contribution < -0.4 is 5.73 Å². The van der Waals surface area contributed by atoms with Crippen molar-refractivity contribution in [1.82, 2.24) is 9.78 Å². The molecule has 2 heterocycles. The van der Waals surface area contributed by atoms with Gasteiger partial charge in [-0.3, -0.25) is 0 Å². The Labute approximate surface area is 103 Å². The lowest BCUT2D eigenvalue weighted by molar-refractivity contribution is 0.0472. The van der Waals surface area contributed by atoms with Crippen LogP contribution in [0.2, 0.25) is 0 Å². The minimum atomic E-state index is 0.566. The van der Waals surface area contributed by atoms with E-state index in [0.29, 0.717) is 5.92 Å². The summed E-state index contributed by atoms with van der Waals surface area (Å²) in [4.78, 5) is 0. The third kappa shape index (κ3) is 2.44. The van der Waals surface area contributed by atoms with Crippen LogP contribution in [0.1, 0.15) is 18.5 Å². The Morgan fingerprint density at radius 2 is 2.47 bits per heavy atom. The van der Waals surface area contributed by atoms with Gasteiger partial charge in [-0.2, -0.15) is 5.10 Å². The monoisotopic (exact) mass is 321 g/mol. The van der Waals surface area contributed by atoms with E-state index in [0.717, 1.165) is 41.3 Å². The number of hydrogen-bond acceptors (Lipinski definition) is 3. The topological polar surface area (TPSA) is 53.1 Å². The molecule has 0 radical (unpaired) electrons. The van der Waals surface area contributed by atoms with Crippen LogP contribution in [0.3, 0.4) is 0 Å². The summed E-state index contributed by atoms with van der Waals surface area (Å²) in [5.74, 6) is 1.36. The van der Waals surface area contributed by atoms with Crippen molar-refractivity contribution in [3.63, 3.8) is 0 Å². The Morgan fingerprint density at radius 3 is 3.00 bits per heavy atom. The summed E-state index contributed by atoms with van der Waals surface area (Å²) < 4.78 is 8.43. The zero-order valence-electron chi connectivity index (χ0n) is 8.87. The van der Waals surface area contributed by atoms with Crippen molar-refractivity contribution in [2.24, 2.45) is 5.92 Å². The van der Waals surface area contributed by atoms with E-state index in [4.69, 9.17) is 10.5 Å². The maximum atomic E-state index is 5.97. The van der Waals surface area contributed by atoms with E-state index in [9.17, 15) is 0 Å². The highest BCUT2D eigenvalue weighted by molar-refractivity contribution is 14.1. The molecule has 0 saturated carbocycles. The molecule has 0 bridgehead atoms. The molecule has 0 aromatic carbocycles. The molecule has 84 valence electrons. The van der Waals surface area contributed by atoms with Crippen molar-refractivity contribution >= 4 is 28.4 Å². The smallest absolute Gasteiger partial charge is 0.135 e. The van der Waals surface area contributed by atoms with Crippen molar-refractivity contribution < 1.29 is 4.74 Å². The van der Waals surface area contributed by atoms with E-state index in [1.807, 2.05) is 11.6 Å². The average Bonchev–Trinajstić information content (AvgIpc) is 2.48. The van der Waals surface area contributed by atoms with Crippen LogP contribution in [0.25, 0.3) is 0 Å². The summed E-state index contributed by atoms with van der Waals surface area (Å²) in [7, 11) is 0. The van der Waals surface area contributed by atoms with Crippen LogP contribution in [0, 0.1) is 16.4 Å². The number of aryl methyl sites for hydroxylation is 1. The van der Waals surface area contributed by atoms with Crippen LogP contribution in [-0.4, -0.2) is 23.0 Å². The molecule has 1 unspecified atom stereocenters. The van der Waals surface area contributed by atoms with Gasteiger partial charge in [-0.1, -0.05) is 0 Å². The number of nitrogens with two attached hydrogens (primary N) is 1. The minimum absolute atomic E-state index is 0.566. The Kier molecular flexibility index (Phi) is 3.50. The summed E-state index contributed by atoms with van der Waals surface area (Å²) in [6.45, 7) is 4.62. The van der Waals surface area contributed by atoms with E-state index >= 15 is 0 Å². The van der Waals surface area contributed by atoms with Gasteiger partial charge in [0.15, 0.2) is 0 Å². The first-order valence-corrected chi connectivity index (χ1v) is 6.32. The molecule has 2 N–H and O–H groups in total. The Balaban J connectivity index is 2.06. The normalized spacial score (nSPS) is 21.9. The second-order valence-corrected chi connectivity index (χ2v) is 5.13. The summed E-state index contributed by atoms with van der Waals surface area (Å²) >= 11 is 2.24. The fourth-order valence-electron chi connectivity index (χ4n) is 1.91. The van der Waals surface area contributed by atoms with Crippen LogP contribution in [0.4, 0.5) is 5.82 Å². The fourth-order valence-corrected chi connectivity index (χ4v) is 2.30. The molecular weight excluding hydrogens is 305 g/mol. The molecule has 2 rings (SSSR count). The number of rotatable bonds is 2. The molecule has 0 amide bonds. The van der Waals surface area contributed by atoms with Gasteiger partial charge < -0.3 is 10.5 Å². The molecule has 1 aliphatic heterocycles. The van der Waals surface area contributed by atoms with Crippen molar-refractivity contribution in [2.75, 3.05) is 18.9 Å². The van der Waals surface area contributed by atoms with Gasteiger partial charge in [-0.05, 0) is 42.4 Å². The van der Waals surface area contributed by atoms with Gasteiger partial charge >= 0.3 is 0 Å². The molecule has 0 spiro atoms. The largest absolute Gasteiger partial charge is 0.383 e. The van der Waals surface area contributed by atoms with Gasteiger partial charge in [-0.25, -0.2) is 4.68 Å². The Hall–Kier alpha value is -0.300. The molecule has 0 aliphatic carbocycles. The van der Waals surface area contributed by atoms with E-state index in [-0.39, 0.29) is 0 Å². The maximum absolute atomic E-state index is 5.97. The number of ether oxygens (including phenoxy) is 1. The molecule has 1 aromatic heterocycles. The molecular formula is C10H16IN3O. The van der Waals surface area contributed by atoms with E-state index in [1.165, 1.54) is 6.42 Å².